The van der Waals surface area contributed by atoms with Crippen molar-refractivity contribution < 1.29 is 9.53 Å². The Bertz CT molecular complexity index is 603. The molecule has 3 nitrogen and oxygen atoms in total. The molecule has 0 spiro atoms. The van der Waals surface area contributed by atoms with Crippen molar-refractivity contribution in [2.24, 2.45) is 5.92 Å². The van der Waals surface area contributed by atoms with Gasteiger partial charge >= 0.3 is 0 Å². The average Bonchev–Trinajstić information content (AvgIpc) is 2.94. The number of rotatable bonds is 3. The zero-order valence-corrected chi connectivity index (χ0v) is 10.9. The quantitative estimate of drug-likeness (QED) is 0.855. The highest BCUT2D eigenvalue weighted by Gasteiger charge is 2.33. The molecule has 1 aliphatic heterocycles. The van der Waals surface area contributed by atoms with E-state index in [4.69, 9.17) is 4.74 Å². The maximum Gasteiger partial charge on any atom is 0.170 e. The summed E-state index contributed by atoms with van der Waals surface area (Å²) >= 11 is 0. The number of nitrogens with one attached hydrogen (secondary N) is 1. The molecular weight excluding hydrogens is 238 g/mol. The molecule has 1 aliphatic rings. The normalized spacial score (nSPS) is 22.8. The second kappa shape index (κ2) is 5.11. The van der Waals surface area contributed by atoms with Crippen LogP contribution in [0.1, 0.15) is 10.4 Å². The molecule has 98 valence electrons. The number of likely N-dealkylation sites (N-methyl/N-ethyl adjacent to an activating group) is 1. The van der Waals surface area contributed by atoms with Crippen LogP contribution in [0.25, 0.3) is 10.8 Å². The predicted molar refractivity (Wildman–Crippen MR) is 75.4 cm³/mol. The Morgan fingerprint density at radius 1 is 1.16 bits per heavy atom. The first-order chi connectivity index (χ1) is 9.31. The van der Waals surface area contributed by atoms with Crippen LogP contribution in [0.15, 0.2) is 42.5 Å². The first-order valence-corrected chi connectivity index (χ1v) is 6.58. The van der Waals surface area contributed by atoms with Gasteiger partial charge in [0.2, 0.25) is 0 Å². The van der Waals surface area contributed by atoms with E-state index in [1.54, 1.807) is 0 Å². The molecule has 3 rings (SSSR count). The summed E-state index contributed by atoms with van der Waals surface area (Å²) in [4.78, 5) is 12.7. The summed E-state index contributed by atoms with van der Waals surface area (Å²) < 4.78 is 5.43. The van der Waals surface area contributed by atoms with Crippen LogP contribution in [-0.4, -0.2) is 32.1 Å². The molecule has 2 atom stereocenters. The van der Waals surface area contributed by atoms with Gasteiger partial charge in [-0.3, -0.25) is 4.79 Å². The molecule has 1 heterocycles. The third-order valence-electron chi connectivity index (χ3n) is 3.84. The van der Waals surface area contributed by atoms with E-state index in [9.17, 15) is 4.79 Å². The molecule has 0 aliphatic carbocycles. The van der Waals surface area contributed by atoms with Crippen LogP contribution in [-0.2, 0) is 4.74 Å². The van der Waals surface area contributed by atoms with Gasteiger partial charge in [0, 0.05) is 11.6 Å². The largest absolute Gasteiger partial charge is 0.379 e. The summed E-state index contributed by atoms with van der Waals surface area (Å²) in [6.45, 7) is 1.12. The Kier molecular flexibility index (Phi) is 3.32. The van der Waals surface area contributed by atoms with Gasteiger partial charge < -0.3 is 10.1 Å². The Balaban J connectivity index is 2.02. The molecule has 2 aromatic rings. The fraction of sp³-hybridized carbons (Fsp3) is 0.312. The van der Waals surface area contributed by atoms with Crippen molar-refractivity contribution in [2.75, 3.05) is 20.3 Å². The number of Topliss-reactive ketones (excluding diaryl/α,β-unsaturated/α-hetero) is 1. The highest BCUT2D eigenvalue weighted by Crippen LogP contribution is 2.25. The monoisotopic (exact) mass is 255 g/mol. The van der Waals surface area contributed by atoms with E-state index in [2.05, 4.69) is 5.32 Å². The number of hydrogen-bond donors (Lipinski definition) is 1. The molecule has 1 fully saturated rings. The number of hydrogen-bond acceptors (Lipinski definition) is 3. The van der Waals surface area contributed by atoms with Crippen molar-refractivity contribution in [1.29, 1.82) is 0 Å². The lowest BCUT2D eigenvalue weighted by Gasteiger charge is -2.16. The Hall–Kier alpha value is -1.71. The molecule has 2 unspecified atom stereocenters. The molecule has 19 heavy (non-hydrogen) atoms. The number of ketones is 1. The standard InChI is InChI=1S/C16H17NO2/c1-17-15-10-19-9-14(15)16(18)13-8-4-6-11-5-2-3-7-12(11)13/h2-8,14-15,17H,9-10H2,1H3. The first-order valence-electron chi connectivity index (χ1n) is 6.58. The lowest BCUT2D eigenvalue weighted by molar-refractivity contribution is 0.0894. The zero-order chi connectivity index (χ0) is 13.2. The smallest absolute Gasteiger partial charge is 0.170 e. The van der Waals surface area contributed by atoms with Crippen molar-refractivity contribution >= 4 is 16.6 Å². The summed E-state index contributed by atoms with van der Waals surface area (Å²) in [6, 6.07) is 14.0. The van der Waals surface area contributed by atoms with Gasteiger partial charge in [-0.2, -0.15) is 0 Å². The van der Waals surface area contributed by atoms with Crippen LogP contribution in [0.5, 0.6) is 0 Å². The van der Waals surface area contributed by atoms with E-state index in [1.807, 2.05) is 49.5 Å². The molecule has 1 saturated heterocycles. The summed E-state index contributed by atoms with van der Waals surface area (Å²) in [5.74, 6) is 0.0875. The number of benzene rings is 2. The van der Waals surface area contributed by atoms with E-state index in [-0.39, 0.29) is 17.7 Å². The number of fused-ring (bicyclic) bond motifs is 1. The van der Waals surface area contributed by atoms with Crippen molar-refractivity contribution in [3.8, 4) is 0 Å². The van der Waals surface area contributed by atoms with Gasteiger partial charge in [0.05, 0.1) is 19.1 Å². The maximum absolute atomic E-state index is 12.7. The van der Waals surface area contributed by atoms with E-state index >= 15 is 0 Å². The average molecular weight is 255 g/mol. The second-order valence-corrected chi connectivity index (χ2v) is 4.93. The first kappa shape index (κ1) is 12.3. The van der Waals surface area contributed by atoms with Gasteiger partial charge in [-0.15, -0.1) is 0 Å². The Labute approximate surface area is 112 Å². The minimum Gasteiger partial charge on any atom is -0.379 e. The van der Waals surface area contributed by atoms with E-state index < -0.39 is 0 Å². The van der Waals surface area contributed by atoms with Crippen molar-refractivity contribution in [3.63, 3.8) is 0 Å². The van der Waals surface area contributed by atoms with Crippen molar-refractivity contribution in [2.45, 2.75) is 6.04 Å². The molecule has 2 aromatic carbocycles. The van der Waals surface area contributed by atoms with Crippen LogP contribution in [0, 0.1) is 5.92 Å². The highest BCUT2D eigenvalue weighted by atomic mass is 16.5. The summed E-state index contributed by atoms with van der Waals surface area (Å²) in [7, 11) is 1.88. The summed E-state index contributed by atoms with van der Waals surface area (Å²) in [5, 5.41) is 5.30. The topological polar surface area (TPSA) is 38.3 Å². The van der Waals surface area contributed by atoms with Gasteiger partial charge in [0.1, 0.15) is 0 Å². The molecule has 3 heteroatoms. The fourth-order valence-corrected chi connectivity index (χ4v) is 2.74. The van der Waals surface area contributed by atoms with Crippen molar-refractivity contribution in [3.05, 3.63) is 48.0 Å². The molecule has 1 N–H and O–H groups in total. The van der Waals surface area contributed by atoms with E-state index in [1.165, 1.54) is 0 Å². The molecule has 0 bridgehead atoms. The minimum atomic E-state index is -0.0872. The number of carbonyl (C=O) groups excluding carboxylic acids is 1. The third kappa shape index (κ3) is 2.15. The molecule has 0 radical (unpaired) electrons. The van der Waals surface area contributed by atoms with E-state index in [0.29, 0.717) is 13.2 Å². The molecule has 0 amide bonds. The van der Waals surface area contributed by atoms with E-state index in [0.717, 1.165) is 16.3 Å². The zero-order valence-electron chi connectivity index (χ0n) is 10.9. The van der Waals surface area contributed by atoms with Crippen LogP contribution in [0.3, 0.4) is 0 Å². The second-order valence-electron chi connectivity index (χ2n) is 4.93. The highest BCUT2D eigenvalue weighted by molar-refractivity contribution is 6.09. The Morgan fingerprint density at radius 2 is 1.95 bits per heavy atom. The van der Waals surface area contributed by atoms with Crippen LogP contribution in [0.2, 0.25) is 0 Å². The van der Waals surface area contributed by atoms with Gasteiger partial charge in [-0.1, -0.05) is 42.5 Å². The Morgan fingerprint density at radius 3 is 2.79 bits per heavy atom. The van der Waals surface area contributed by atoms with Gasteiger partial charge in [0.15, 0.2) is 5.78 Å². The summed E-state index contributed by atoms with van der Waals surface area (Å²) in [6.07, 6.45) is 0. The third-order valence-corrected chi connectivity index (χ3v) is 3.84. The fourth-order valence-electron chi connectivity index (χ4n) is 2.74. The minimum absolute atomic E-state index is 0.0872. The van der Waals surface area contributed by atoms with Crippen LogP contribution >= 0.6 is 0 Å². The molecule has 0 aromatic heterocycles. The van der Waals surface area contributed by atoms with Gasteiger partial charge in [0.25, 0.3) is 0 Å². The molecular formula is C16H17NO2. The summed E-state index contributed by atoms with van der Waals surface area (Å²) in [5.41, 5.74) is 0.800. The molecule has 0 saturated carbocycles. The van der Waals surface area contributed by atoms with Gasteiger partial charge in [-0.05, 0) is 17.8 Å². The lowest BCUT2D eigenvalue weighted by atomic mass is 9.90. The number of carbonyl (C=O) groups is 1. The van der Waals surface area contributed by atoms with Crippen molar-refractivity contribution in [1.82, 2.24) is 5.32 Å². The predicted octanol–water partition coefficient (Wildman–Crippen LogP) is 2.26. The van der Waals surface area contributed by atoms with Crippen LogP contribution < -0.4 is 5.32 Å². The maximum atomic E-state index is 12.7. The SMILES string of the molecule is CNC1COCC1C(=O)c1cccc2ccccc12. The number of ether oxygens (including phenoxy) is 1. The van der Waals surface area contributed by atoms with Crippen LogP contribution in [0.4, 0.5) is 0 Å². The van der Waals surface area contributed by atoms with Gasteiger partial charge in [-0.25, -0.2) is 0 Å². The lowest BCUT2D eigenvalue weighted by Crippen LogP contribution is -2.37.